The number of pyridine rings is 1. The van der Waals surface area contributed by atoms with Gasteiger partial charge in [0.25, 0.3) is 11.5 Å². The van der Waals surface area contributed by atoms with Gasteiger partial charge in [0, 0.05) is 42.2 Å². The van der Waals surface area contributed by atoms with Crippen LogP contribution in [0.3, 0.4) is 0 Å². The minimum Gasteiger partial charge on any atom is -0.326 e. The Balaban J connectivity index is 2.05. The molecule has 1 heterocycles. The number of aryl methyl sites for hydroxylation is 1. The number of hydrogen-bond donors (Lipinski definition) is 2. The summed E-state index contributed by atoms with van der Waals surface area (Å²) in [6, 6.07) is 9.66. The number of anilines is 2. The van der Waals surface area contributed by atoms with Gasteiger partial charge >= 0.3 is 0 Å². The third kappa shape index (κ3) is 4.29. The highest BCUT2D eigenvalue weighted by Gasteiger charge is 2.09. The van der Waals surface area contributed by atoms with Crippen molar-refractivity contribution in [3.8, 4) is 0 Å². The standard InChI is InChI=1S/C17H19N3O3/c1-11(2)16(22)18-13-4-6-14(7-5-13)19-17(23)12-8-9-20(3)15(21)10-12/h4-11H,1-3H3,(H,18,22)(H,19,23). The Morgan fingerprint density at radius 2 is 1.57 bits per heavy atom. The zero-order valence-electron chi connectivity index (χ0n) is 13.3. The molecule has 2 rings (SSSR count). The summed E-state index contributed by atoms with van der Waals surface area (Å²) in [5.41, 5.74) is 1.29. The van der Waals surface area contributed by atoms with Crippen LogP contribution in [-0.2, 0) is 11.8 Å². The molecule has 0 saturated heterocycles. The molecule has 0 atom stereocenters. The Hall–Kier alpha value is -2.89. The van der Waals surface area contributed by atoms with E-state index in [1.54, 1.807) is 43.6 Å². The first-order chi connectivity index (χ1) is 10.9. The zero-order valence-corrected chi connectivity index (χ0v) is 13.3. The van der Waals surface area contributed by atoms with Crippen LogP contribution in [0.2, 0.25) is 0 Å². The van der Waals surface area contributed by atoms with Crippen molar-refractivity contribution in [2.24, 2.45) is 13.0 Å². The second-order valence-electron chi connectivity index (χ2n) is 5.54. The van der Waals surface area contributed by atoms with Crippen LogP contribution < -0.4 is 16.2 Å². The first-order valence-corrected chi connectivity index (χ1v) is 7.26. The third-order valence-corrected chi connectivity index (χ3v) is 3.30. The molecule has 2 amide bonds. The van der Waals surface area contributed by atoms with Gasteiger partial charge < -0.3 is 15.2 Å². The zero-order chi connectivity index (χ0) is 17.0. The van der Waals surface area contributed by atoms with Crippen molar-refractivity contribution >= 4 is 23.2 Å². The van der Waals surface area contributed by atoms with E-state index in [1.807, 2.05) is 13.8 Å². The maximum absolute atomic E-state index is 12.1. The van der Waals surface area contributed by atoms with Gasteiger partial charge in [0.15, 0.2) is 0 Å². The van der Waals surface area contributed by atoms with Crippen LogP contribution in [0.5, 0.6) is 0 Å². The van der Waals surface area contributed by atoms with E-state index >= 15 is 0 Å². The fraction of sp³-hybridized carbons (Fsp3) is 0.235. The average molecular weight is 313 g/mol. The summed E-state index contributed by atoms with van der Waals surface area (Å²) in [5.74, 6) is -0.529. The lowest BCUT2D eigenvalue weighted by Crippen LogP contribution is -2.20. The van der Waals surface area contributed by atoms with Crippen LogP contribution in [0.25, 0.3) is 0 Å². The molecule has 2 N–H and O–H groups in total. The molecule has 1 aromatic carbocycles. The van der Waals surface area contributed by atoms with E-state index in [4.69, 9.17) is 0 Å². The fourth-order valence-electron chi connectivity index (χ4n) is 1.82. The number of rotatable bonds is 4. The number of aromatic nitrogens is 1. The summed E-state index contributed by atoms with van der Waals surface area (Å²) in [6.45, 7) is 3.63. The van der Waals surface area contributed by atoms with Crippen molar-refractivity contribution in [3.05, 3.63) is 58.5 Å². The number of nitrogens with zero attached hydrogens (tertiary/aromatic N) is 1. The lowest BCUT2D eigenvalue weighted by molar-refractivity contribution is -0.118. The molecule has 120 valence electrons. The highest BCUT2D eigenvalue weighted by molar-refractivity contribution is 6.04. The Morgan fingerprint density at radius 3 is 2.09 bits per heavy atom. The van der Waals surface area contributed by atoms with Gasteiger partial charge in [-0.3, -0.25) is 14.4 Å². The van der Waals surface area contributed by atoms with Crippen molar-refractivity contribution in [2.45, 2.75) is 13.8 Å². The van der Waals surface area contributed by atoms with Gasteiger partial charge in [-0.15, -0.1) is 0 Å². The predicted molar refractivity (Wildman–Crippen MR) is 89.5 cm³/mol. The third-order valence-electron chi connectivity index (χ3n) is 3.30. The molecule has 0 fully saturated rings. The van der Waals surface area contributed by atoms with Crippen LogP contribution in [0, 0.1) is 5.92 Å². The minimum absolute atomic E-state index is 0.0677. The summed E-state index contributed by atoms with van der Waals surface area (Å²) in [5, 5.41) is 5.48. The van der Waals surface area contributed by atoms with Crippen molar-refractivity contribution < 1.29 is 9.59 Å². The summed E-state index contributed by atoms with van der Waals surface area (Å²) in [4.78, 5) is 35.2. The first kappa shape index (κ1) is 16.5. The molecule has 0 aliphatic rings. The predicted octanol–water partition coefficient (Wildman–Crippen LogP) is 2.23. The smallest absolute Gasteiger partial charge is 0.255 e. The molecular formula is C17H19N3O3. The topological polar surface area (TPSA) is 80.2 Å². The van der Waals surface area contributed by atoms with Crippen molar-refractivity contribution in [2.75, 3.05) is 10.6 Å². The van der Waals surface area contributed by atoms with Gasteiger partial charge in [0.05, 0.1) is 0 Å². The average Bonchev–Trinajstić information content (AvgIpc) is 2.51. The van der Waals surface area contributed by atoms with Gasteiger partial charge in [0.2, 0.25) is 5.91 Å². The SMILES string of the molecule is CC(C)C(=O)Nc1ccc(NC(=O)c2ccn(C)c(=O)c2)cc1. The molecule has 1 aromatic heterocycles. The molecule has 6 nitrogen and oxygen atoms in total. The van der Waals surface area contributed by atoms with E-state index in [0.717, 1.165) is 0 Å². The Morgan fingerprint density at radius 1 is 1.00 bits per heavy atom. The van der Waals surface area contributed by atoms with Gasteiger partial charge in [0.1, 0.15) is 0 Å². The maximum Gasteiger partial charge on any atom is 0.255 e. The molecule has 0 unspecified atom stereocenters. The van der Waals surface area contributed by atoms with Crippen LogP contribution in [-0.4, -0.2) is 16.4 Å². The number of benzene rings is 1. The van der Waals surface area contributed by atoms with E-state index in [-0.39, 0.29) is 23.3 Å². The van der Waals surface area contributed by atoms with Crippen LogP contribution >= 0.6 is 0 Å². The van der Waals surface area contributed by atoms with E-state index in [9.17, 15) is 14.4 Å². The summed E-state index contributed by atoms with van der Waals surface area (Å²) >= 11 is 0. The van der Waals surface area contributed by atoms with E-state index < -0.39 is 0 Å². The molecule has 0 aliphatic heterocycles. The summed E-state index contributed by atoms with van der Waals surface area (Å²) < 4.78 is 1.39. The second kappa shape index (κ2) is 6.91. The minimum atomic E-state index is -0.360. The quantitative estimate of drug-likeness (QED) is 0.908. The monoisotopic (exact) mass is 313 g/mol. The fourth-order valence-corrected chi connectivity index (χ4v) is 1.82. The lowest BCUT2D eigenvalue weighted by Gasteiger charge is -2.09. The van der Waals surface area contributed by atoms with Crippen LogP contribution in [0.4, 0.5) is 11.4 Å². The summed E-state index contributed by atoms with van der Waals surface area (Å²) in [6.07, 6.45) is 1.54. The number of hydrogen-bond acceptors (Lipinski definition) is 3. The first-order valence-electron chi connectivity index (χ1n) is 7.26. The molecule has 0 aliphatic carbocycles. The van der Waals surface area contributed by atoms with E-state index in [2.05, 4.69) is 10.6 Å². The number of carbonyl (C=O) groups is 2. The van der Waals surface area contributed by atoms with Crippen LogP contribution in [0.15, 0.2) is 47.4 Å². The largest absolute Gasteiger partial charge is 0.326 e. The number of nitrogens with one attached hydrogen (secondary N) is 2. The van der Waals surface area contributed by atoms with Gasteiger partial charge in [-0.05, 0) is 30.3 Å². The Labute approximate surface area is 134 Å². The molecule has 0 spiro atoms. The van der Waals surface area contributed by atoms with Gasteiger partial charge in [-0.2, -0.15) is 0 Å². The molecule has 23 heavy (non-hydrogen) atoms. The highest BCUT2D eigenvalue weighted by atomic mass is 16.2. The molecule has 0 bridgehead atoms. The van der Waals surface area contributed by atoms with Gasteiger partial charge in [-0.1, -0.05) is 13.8 Å². The molecule has 2 aromatic rings. The summed E-state index contributed by atoms with van der Waals surface area (Å²) in [7, 11) is 1.62. The van der Waals surface area contributed by atoms with E-state index in [1.165, 1.54) is 10.6 Å². The van der Waals surface area contributed by atoms with E-state index in [0.29, 0.717) is 16.9 Å². The normalized spacial score (nSPS) is 10.4. The molecular weight excluding hydrogens is 294 g/mol. The van der Waals surface area contributed by atoms with Crippen molar-refractivity contribution in [1.82, 2.24) is 4.57 Å². The lowest BCUT2D eigenvalue weighted by atomic mass is 10.2. The molecule has 6 heteroatoms. The van der Waals surface area contributed by atoms with Crippen molar-refractivity contribution in [1.29, 1.82) is 0 Å². The Bertz CT molecular complexity index is 776. The number of carbonyl (C=O) groups excluding carboxylic acids is 2. The molecule has 0 radical (unpaired) electrons. The van der Waals surface area contributed by atoms with Gasteiger partial charge in [-0.25, -0.2) is 0 Å². The maximum atomic E-state index is 12.1. The van der Waals surface area contributed by atoms with Crippen molar-refractivity contribution in [3.63, 3.8) is 0 Å². The second-order valence-corrected chi connectivity index (χ2v) is 5.54. The highest BCUT2D eigenvalue weighted by Crippen LogP contribution is 2.15. The van der Waals surface area contributed by atoms with Crippen LogP contribution in [0.1, 0.15) is 24.2 Å². The number of amides is 2. The molecule has 0 saturated carbocycles. The Kier molecular flexibility index (Phi) is 4.95.